The molecule has 0 heterocycles. The summed E-state index contributed by atoms with van der Waals surface area (Å²) in [6.07, 6.45) is 2.53. The Morgan fingerprint density at radius 2 is 1.85 bits per heavy atom. The molecule has 2 aromatic carbocycles. The number of rotatable bonds is 6. The molecule has 0 spiro atoms. The number of hydrogen-bond acceptors (Lipinski definition) is 3. The highest BCUT2D eigenvalue weighted by atomic mass is 16.5. The van der Waals surface area contributed by atoms with Gasteiger partial charge in [-0.05, 0) is 49.4 Å². The second-order valence-electron chi connectivity index (χ2n) is 7.16. The molecule has 3 rings (SSSR count). The molecular formula is C22H25NO4. The fourth-order valence-electron chi connectivity index (χ4n) is 3.47. The molecule has 0 aromatic heterocycles. The molecule has 0 saturated heterocycles. The van der Waals surface area contributed by atoms with Gasteiger partial charge in [0.15, 0.2) is 0 Å². The van der Waals surface area contributed by atoms with Gasteiger partial charge in [-0.2, -0.15) is 0 Å². The number of aryl methyl sites for hydroxylation is 1. The predicted molar refractivity (Wildman–Crippen MR) is 104 cm³/mol. The zero-order chi connectivity index (χ0) is 19.2. The van der Waals surface area contributed by atoms with E-state index in [1.54, 1.807) is 0 Å². The van der Waals surface area contributed by atoms with Gasteiger partial charge < -0.3 is 15.2 Å². The lowest BCUT2D eigenvalue weighted by molar-refractivity contribution is -0.143. The number of ether oxygens (including phenoxy) is 1. The van der Waals surface area contributed by atoms with E-state index in [1.807, 2.05) is 55.5 Å². The van der Waals surface area contributed by atoms with Crippen LogP contribution in [0.2, 0.25) is 0 Å². The molecule has 1 fully saturated rings. The van der Waals surface area contributed by atoms with Crippen molar-refractivity contribution in [2.45, 2.75) is 39.2 Å². The van der Waals surface area contributed by atoms with Crippen molar-refractivity contribution in [1.82, 2.24) is 0 Å². The standard InChI is InChI=1S/C22H25NO4/c1-15-10-11-19(20(12-15)27-14-16-6-3-2-4-7-16)23-21(24)17-8-5-9-18(13-17)22(25)26/h2-4,6-7,10-12,17-18H,5,8-9,13-14H2,1H3,(H,23,24)(H,25,26). The Bertz CT molecular complexity index is 803. The molecule has 27 heavy (non-hydrogen) atoms. The summed E-state index contributed by atoms with van der Waals surface area (Å²) in [5.41, 5.74) is 2.71. The van der Waals surface area contributed by atoms with Crippen LogP contribution in [0, 0.1) is 18.8 Å². The van der Waals surface area contributed by atoms with Gasteiger partial charge in [-0.1, -0.05) is 42.8 Å². The lowest BCUT2D eigenvalue weighted by atomic mass is 9.81. The van der Waals surface area contributed by atoms with E-state index in [0.717, 1.165) is 24.0 Å². The normalized spacial score (nSPS) is 19.3. The average molecular weight is 367 g/mol. The number of aliphatic carboxylic acids is 1. The summed E-state index contributed by atoms with van der Waals surface area (Å²) in [5.74, 6) is -1.02. The first-order valence-corrected chi connectivity index (χ1v) is 9.34. The Hall–Kier alpha value is -2.82. The minimum absolute atomic E-state index is 0.130. The molecule has 1 aliphatic carbocycles. The lowest BCUT2D eigenvalue weighted by Gasteiger charge is -2.26. The zero-order valence-corrected chi connectivity index (χ0v) is 15.5. The van der Waals surface area contributed by atoms with Gasteiger partial charge in [-0.15, -0.1) is 0 Å². The molecule has 2 unspecified atom stereocenters. The predicted octanol–water partition coefficient (Wildman–Crippen LogP) is 4.40. The molecule has 5 nitrogen and oxygen atoms in total. The molecule has 1 saturated carbocycles. The average Bonchev–Trinajstić information content (AvgIpc) is 2.69. The van der Waals surface area contributed by atoms with E-state index in [-0.39, 0.29) is 11.8 Å². The van der Waals surface area contributed by atoms with Crippen LogP contribution in [0.4, 0.5) is 5.69 Å². The first-order valence-electron chi connectivity index (χ1n) is 9.34. The van der Waals surface area contributed by atoms with Gasteiger partial charge in [0, 0.05) is 5.92 Å². The fourth-order valence-corrected chi connectivity index (χ4v) is 3.47. The Kier molecular flexibility index (Phi) is 6.12. The maximum Gasteiger partial charge on any atom is 0.306 e. The van der Waals surface area contributed by atoms with Gasteiger partial charge >= 0.3 is 5.97 Å². The highest BCUT2D eigenvalue weighted by molar-refractivity contribution is 5.94. The van der Waals surface area contributed by atoms with Crippen molar-refractivity contribution in [2.75, 3.05) is 5.32 Å². The van der Waals surface area contributed by atoms with E-state index in [4.69, 9.17) is 4.74 Å². The van der Waals surface area contributed by atoms with Crippen LogP contribution in [0.15, 0.2) is 48.5 Å². The van der Waals surface area contributed by atoms with Crippen LogP contribution in [0.1, 0.15) is 36.8 Å². The first kappa shape index (κ1) is 19.0. The summed E-state index contributed by atoms with van der Waals surface area (Å²) in [4.78, 5) is 23.9. The van der Waals surface area contributed by atoms with E-state index >= 15 is 0 Å². The monoisotopic (exact) mass is 367 g/mol. The van der Waals surface area contributed by atoms with E-state index < -0.39 is 11.9 Å². The highest BCUT2D eigenvalue weighted by Crippen LogP contribution is 2.32. The molecule has 2 N–H and O–H groups in total. The van der Waals surface area contributed by atoms with Crippen molar-refractivity contribution in [3.63, 3.8) is 0 Å². The maximum atomic E-state index is 12.7. The molecule has 0 aliphatic heterocycles. The smallest absolute Gasteiger partial charge is 0.306 e. The van der Waals surface area contributed by atoms with E-state index in [9.17, 15) is 14.7 Å². The summed E-state index contributed by atoms with van der Waals surface area (Å²) in [6.45, 7) is 2.39. The molecule has 5 heteroatoms. The second kappa shape index (κ2) is 8.71. The van der Waals surface area contributed by atoms with Crippen molar-refractivity contribution >= 4 is 17.6 Å². The van der Waals surface area contributed by atoms with Gasteiger partial charge in [-0.25, -0.2) is 0 Å². The Morgan fingerprint density at radius 1 is 1.11 bits per heavy atom. The Morgan fingerprint density at radius 3 is 2.59 bits per heavy atom. The number of anilines is 1. The third-order valence-electron chi connectivity index (χ3n) is 5.03. The van der Waals surface area contributed by atoms with Gasteiger partial charge in [0.2, 0.25) is 5.91 Å². The highest BCUT2D eigenvalue weighted by Gasteiger charge is 2.31. The van der Waals surface area contributed by atoms with Gasteiger partial charge in [0.1, 0.15) is 12.4 Å². The number of amides is 1. The van der Waals surface area contributed by atoms with Crippen LogP contribution < -0.4 is 10.1 Å². The third kappa shape index (κ3) is 5.09. The van der Waals surface area contributed by atoms with Gasteiger partial charge in [0.25, 0.3) is 0 Å². The van der Waals surface area contributed by atoms with Crippen LogP contribution in [-0.4, -0.2) is 17.0 Å². The summed E-state index contributed by atoms with van der Waals surface area (Å²) < 4.78 is 5.94. The van der Waals surface area contributed by atoms with E-state index in [0.29, 0.717) is 30.9 Å². The van der Waals surface area contributed by atoms with E-state index in [2.05, 4.69) is 5.32 Å². The van der Waals surface area contributed by atoms with Crippen molar-refractivity contribution in [1.29, 1.82) is 0 Å². The largest absolute Gasteiger partial charge is 0.487 e. The van der Waals surface area contributed by atoms with Gasteiger partial charge in [0.05, 0.1) is 11.6 Å². The summed E-state index contributed by atoms with van der Waals surface area (Å²) in [6, 6.07) is 15.5. The first-order chi connectivity index (χ1) is 13.0. The number of nitrogens with one attached hydrogen (secondary N) is 1. The number of carboxylic acids is 1. The molecule has 2 aromatic rings. The third-order valence-corrected chi connectivity index (χ3v) is 5.03. The van der Waals surface area contributed by atoms with Crippen LogP contribution in [0.5, 0.6) is 5.75 Å². The summed E-state index contributed by atoms with van der Waals surface area (Å²) >= 11 is 0. The molecule has 0 bridgehead atoms. The quantitative estimate of drug-likeness (QED) is 0.793. The lowest BCUT2D eigenvalue weighted by Crippen LogP contribution is -2.31. The maximum absolute atomic E-state index is 12.7. The summed E-state index contributed by atoms with van der Waals surface area (Å²) in [5, 5.41) is 12.2. The number of hydrogen-bond donors (Lipinski definition) is 2. The summed E-state index contributed by atoms with van der Waals surface area (Å²) in [7, 11) is 0. The van der Waals surface area contributed by atoms with Crippen LogP contribution in [0.3, 0.4) is 0 Å². The van der Waals surface area contributed by atoms with E-state index in [1.165, 1.54) is 0 Å². The molecule has 142 valence electrons. The Labute approximate surface area is 159 Å². The SMILES string of the molecule is Cc1ccc(NC(=O)C2CCCC(C(=O)O)C2)c(OCc2ccccc2)c1. The fraction of sp³-hybridized carbons (Fsp3) is 0.364. The van der Waals surface area contributed by atoms with Crippen molar-refractivity contribution in [3.05, 3.63) is 59.7 Å². The number of benzene rings is 2. The number of carboxylic acid groups (broad SMARTS) is 1. The molecular weight excluding hydrogens is 342 g/mol. The number of carbonyl (C=O) groups is 2. The topological polar surface area (TPSA) is 75.6 Å². The van der Waals surface area contributed by atoms with Crippen molar-refractivity contribution in [3.8, 4) is 5.75 Å². The second-order valence-corrected chi connectivity index (χ2v) is 7.16. The molecule has 2 atom stereocenters. The van der Waals surface area contributed by atoms with Crippen molar-refractivity contribution < 1.29 is 19.4 Å². The minimum Gasteiger partial charge on any atom is -0.487 e. The van der Waals surface area contributed by atoms with Crippen LogP contribution >= 0.6 is 0 Å². The molecule has 1 aliphatic rings. The Balaban J connectivity index is 1.68. The zero-order valence-electron chi connectivity index (χ0n) is 15.5. The minimum atomic E-state index is -0.810. The van der Waals surface area contributed by atoms with Crippen LogP contribution in [0.25, 0.3) is 0 Å². The van der Waals surface area contributed by atoms with Crippen LogP contribution in [-0.2, 0) is 16.2 Å². The number of carbonyl (C=O) groups excluding carboxylic acids is 1. The molecule has 1 amide bonds. The van der Waals surface area contributed by atoms with Crippen molar-refractivity contribution in [2.24, 2.45) is 11.8 Å². The van der Waals surface area contributed by atoms with Gasteiger partial charge in [-0.3, -0.25) is 9.59 Å². The molecule has 0 radical (unpaired) electrons.